The van der Waals surface area contributed by atoms with Crippen molar-refractivity contribution < 1.29 is 4.79 Å². The number of nitrogens with zero attached hydrogens (tertiary/aromatic N) is 2. The fourth-order valence-corrected chi connectivity index (χ4v) is 1.94. The Morgan fingerprint density at radius 2 is 2.06 bits per heavy atom. The van der Waals surface area contributed by atoms with Gasteiger partial charge in [-0.1, -0.05) is 17.6 Å². The number of hydrogen-bond donors (Lipinski definition) is 0. The van der Waals surface area contributed by atoms with Crippen LogP contribution in [0.5, 0.6) is 0 Å². The van der Waals surface area contributed by atoms with Crippen molar-refractivity contribution in [2.24, 2.45) is 0 Å². The fourth-order valence-electron chi connectivity index (χ4n) is 1.94. The normalized spacial score (nSPS) is 10.5. The van der Waals surface area contributed by atoms with Gasteiger partial charge in [-0.05, 0) is 13.0 Å². The molecule has 2 radical (unpaired) electrons. The first-order valence-electron chi connectivity index (χ1n) is 5.37. The molecule has 2 aromatic rings. The highest BCUT2D eigenvalue weighted by molar-refractivity contribution is 6.33. The summed E-state index contributed by atoms with van der Waals surface area (Å²) in [5.41, 5.74) is 3.00. The van der Waals surface area contributed by atoms with E-state index in [9.17, 15) is 4.79 Å². The van der Waals surface area contributed by atoms with Gasteiger partial charge in [0.2, 0.25) is 0 Å². The molecule has 0 fully saturated rings. The molecule has 0 spiro atoms. The van der Waals surface area contributed by atoms with Crippen molar-refractivity contribution in [2.75, 3.05) is 19.0 Å². The number of benzene rings is 1. The first-order chi connectivity index (χ1) is 8.00. The fraction of sp³-hybridized carbons (Fsp3) is 0.231. The summed E-state index contributed by atoms with van der Waals surface area (Å²) < 4.78 is 0. The smallest absolute Gasteiger partial charge is 0.163 e. The number of carbonyl (C=O) groups is 1. The number of aromatic nitrogens is 1. The number of anilines is 1. The monoisotopic (exact) mass is 224 g/mol. The van der Waals surface area contributed by atoms with Crippen LogP contribution in [0.15, 0.2) is 24.4 Å². The van der Waals surface area contributed by atoms with Gasteiger partial charge in [0.1, 0.15) is 7.85 Å². The van der Waals surface area contributed by atoms with Crippen molar-refractivity contribution in [3.05, 3.63) is 30.0 Å². The molecule has 0 aliphatic rings. The average molecular weight is 224 g/mol. The van der Waals surface area contributed by atoms with E-state index in [-0.39, 0.29) is 5.78 Å². The third-order valence-corrected chi connectivity index (χ3v) is 2.69. The lowest BCUT2D eigenvalue weighted by atomic mass is 9.93. The molecule has 0 atom stereocenters. The van der Waals surface area contributed by atoms with Crippen LogP contribution in [0.2, 0.25) is 0 Å². The summed E-state index contributed by atoms with van der Waals surface area (Å²) in [4.78, 5) is 17.8. The standard InChI is InChI=1S/C13H13BN2O/c1-8(17)11-7-15-12-5-4-9(14)6-10(12)13(11)16(2)3/h4-7H,1-3H3. The Kier molecular flexibility index (Phi) is 2.88. The summed E-state index contributed by atoms with van der Waals surface area (Å²) in [6, 6.07) is 5.52. The van der Waals surface area contributed by atoms with Gasteiger partial charge >= 0.3 is 0 Å². The molecule has 0 N–H and O–H groups in total. The third kappa shape index (κ3) is 2.03. The van der Waals surface area contributed by atoms with Crippen LogP contribution in [-0.2, 0) is 0 Å². The average Bonchev–Trinajstić information content (AvgIpc) is 2.26. The molecule has 0 bridgehead atoms. The molecule has 4 heteroatoms. The van der Waals surface area contributed by atoms with Gasteiger partial charge < -0.3 is 4.90 Å². The second-order valence-corrected chi connectivity index (χ2v) is 4.25. The molecule has 17 heavy (non-hydrogen) atoms. The number of carbonyl (C=O) groups excluding carboxylic acids is 1. The Morgan fingerprint density at radius 3 is 2.65 bits per heavy atom. The van der Waals surface area contributed by atoms with Crippen LogP contribution < -0.4 is 10.4 Å². The van der Waals surface area contributed by atoms with E-state index in [1.807, 2.05) is 37.2 Å². The van der Waals surface area contributed by atoms with Gasteiger partial charge in [-0.3, -0.25) is 9.78 Å². The molecular formula is C13H13BN2O. The van der Waals surface area contributed by atoms with Crippen LogP contribution in [0.3, 0.4) is 0 Å². The molecule has 0 aliphatic carbocycles. The van der Waals surface area contributed by atoms with Crippen LogP contribution in [-0.4, -0.2) is 32.7 Å². The third-order valence-electron chi connectivity index (χ3n) is 2.69. The topological polar surface area (TPSA) is 33.2 Å². The van der Waals surface area contributed by atoms with Gasteiger partial charge in [-0.15, -0.1) is 0 Å². The Labute approximate surface area is 102 Å². The minimum Gasteiger partial charge on any atom is -0.376 e. The maximum atomic E-state index is 11.6. The zero-order valence-corrected chi connectivity index (χ0v) is 10.2. The largest absolute Gasteiger partial charge is 0.376 e. The van der Waals surface area contributed by atoms with E-state index in [1.165, 1.54) is 0 Å². The van der Waals surface area contributed by atoms with Crippen molar-refractivity contribution in [3.8, 4) is 0 Å². The summed E-state index contributed by atoms with van der Waals surface area (Å²) in [6.45, 7) is 1.54. The van der Waals surface area contributed by atoms with Gasteiger partial charge in [0.05, 0.1) is 16.8 Å². The molecule has 0 saturated heterocycles. The highest BCUT2D eigenvalue weighted by atomic mass is 16.1. The van der Waals surface area contributed by atoms with Crippen LogP contribution in [0, 0.1) is 0 Å². The molecule has 1 heterocycles. The molecule has 1 aromatic carbocycles. The molecule has 3 nitrogen and oxygen atoms in total. The highest BCUT2D eigenvalue weighted by Crippen LogP contribution is 2.27. The minimum absolute atomic E-state index is 0.00512. The van der Waals surface area contributed by atoms with Gasteiger partial charge in [-0.25, -0.2) is 0 Å². The predicted molar refractivity (Wildman–Crippen MR) is 71.5 cm³/mol. The second kappa shape index (κ2) is 4.20. The minimum atomic E-state index is 0.00512. The first kappa shape index (κ1) is 11.6. The zero-order chi connectivity index (χ0) is 12.6. The van der Waals surface area contributed by atoms with Crippen molar-refractivity contribution in [3.63, 3.8) is 0 Å². The summed E-state index contributed by atoms with van der Waals surface area (Å²) in [7, 11) is 9.60. The second-order valence-electron chi connectivity index (χ2n) is 4.25. The van der Waals surface area contributed by atoms with E-state index in [0.717, 1.165) is 16.6 Å². The lowest BCUT2D eigenvalue weighted by Gasteiger charge is -2.18. The van der Waals surface area contributed by atoms with Crippen molar-refractivity contribution in [2.45, 2.75) is 6.92 Å². The molecule has 0 unspecified atom stereocenters. The van der Waals surface area contributed by atoms with Crippen LogP contribution in [0.1, 0.15) is 17.3 Å². The SMILES string of the molecule is [B]c1ccc2ncc(C(C)=O)c(N(C)C)c2c1. The van der Waals surface area contributed by atoms with E-state index in [2.05, 4.69) is 4.98 Å². The molecule has 0 amide bonds. The summed E-state index contributed by atoms with van der Waals surface area (Å²) >= 11 is 0. The van der Waals surface area contributed by atoms with Gasteiger partial charge in [0.15, 0.2) is 5.78 Å². The first-order valence-corrected chi connectivity index (χ1v) is 5.37. The molecular weight excluding hydrogens is 211 g/mol. The quantitative estimate of drug-likeness (QED) is 0.569. The lowest BCUT2D eigenvalue weighted by Crippen LogP contribution is -2.15. The Bertz CT molecular complexity index is 593. The van der Waals surface area contributed by atoms with E-state index >= 15 is 0 Å². The zero-order valence-electron chi connectivity index (χ0n) is 10.2. The van der Waals surface area contributed by atoms with Crippen molar-refractivity contribution >= 4 is 35.7 Å². The van der Waals surface area contributed by atoms with E-state index in [0.29, 0.717) is 11.0 Å². The Balaban J connectivity index is 2.87. The van der Waals surface area contributed by atoms with Gasteiger partial charge in [0, 0.05) is 25.7 Å². The van der Waals surface area contributed by atoms with Gasteiger partial charge in [-0.2, -0.15) is 0 Å². The lowest BCUT2D eigenvalue weighted by molar-refractivity contribution is 0.101. The summed E-state index contributed by atoms with van der Waals surface area (Å²) in [5, 5.41) is 0.905. The molecule has 0 saturated carbocycles. The van der Waals surface area contributed by atoms with Crippen molar-refractivity contribution in [1.29, 1.82) is 0 Å². The summed E-state index contributed by atoms with van der Waals surface area (Å²) in [5.74, 6) is 0.00512. The van der Waals surface area contributed by atoms with E-state index in [1.54, 1.807) is 13.1 Å². The van der Waals surface area contributed by atoms with E-state index < -0.39 is 0 Å². The molecule has 2 rings (SSSR count). The number of pyridine rings is 1. The van der Waals surface area contributed by atoms with Crippen LogP contribution in [0.25, 0.3) is 10.9 Å². The number of Topliss-reactive ketones (excluding diaryl/α,β-unsaturated/α-hetero) is 1. The number of fused-ring (bicyclic) bond motifs is 1. The predicted octanol–water partition coefficient (Wildman–Crippen LogP) is 1.30. The maximum Gasteiger partial charge on any atom is 0.163 e. The van der Waals surface area contributed by atoms with Gasteiger partial charge in [0.25, 0.3) is 0 Å². The van der Waals surface area contributed by atoms with E-state index in [4.69, 9.17) is 7.85 Å². The Morgan fingerprint density at radius 1 is 1.35 bits per heavy atom. The number of ketones is 1. The maximum absolute atomic E-state index is 11.6. The molecule has 84 valence electrons. The molecule has 1 aromatic heterocycles. The highest BCUT2D eigenvalue weighted by Gasteiger charge is 2.13. The Hall–Kier alpha value is -1.84. The van der Waals surface area contributed by atoms with Crippen molar-refractivity contribution in [1.82, 2.24) is 4.98 Å². The van der Waals surface area contributed by atoms with Crippen LogP contribution in [0.4, 0.5) is 5.69 Å². The summed E-state index contributed by atoms with van der Waals surface area (Å²) in [6.07, 6.45) is 1.62. The molecule has 0 aliphatic heterocycles. The van der Waals surface area contributed by atoms with Crippen LogP contribution >= 0.6 is 0 Å². The number of rotatable bonds is 2. The number of hydrogen-bond acceptors (Lipinski definition) is 3.